The molecule has 0 spiro atoms. The molecule has 0 radical (unpaired) electrons. The lowest BCUT2D eigenvalue weighted by molar-refractivity contribution is -0.136. The van der Waals surface area contributed by atoms with Gasteiger partial charge in [0.05, 0.1) is 17.5 Å². The highest BCUT2D eigenvalue weighted by Gasteiger charge is 2.14. The van der Waals surface area contributed by atoms with Gasteiger partial charge in [0.15, 0.2) is 0 Å². The fourth-order valence-electron chi connectivity index (χ4n) is 3.59. The molecule has 0 aliphatic rings. The summed E-state index contributed by atoms with van der Waals surface area (Å²) in [6, 6.07) is 22.6. The number of aliphatic carboxylic acids is 1. The highest BCUT2D eigenvalue weighted by molar-refractivity contribution is 6.30. The molecule has 0 fully saturated rings. The van der Waals surface area contributed by atoms with Gasteiger partial charge in [0, 0.05) is 29.7 Å². The molecule has 2 N–H and O–H groups in total. The Bertz CT molecular complexity index is 1230. The Hall–Kier alpha value is -3.57. The minimum atomic E-state index is -0.865. The first-order valence-electron chi connectivity index (χ1n) is 9.90. The molecule has 31 heavy (non-hydrogen) atoms. The third-order valence-electron chi connectivity index (χ3n) is 5.13. The van der Waals surface area contributed by atoms with Gasteiger partial charge in [-0.2, -0.15) is 0 Å². The predicted molar refractivity (Wildman–Crippen MR) is 121 cm³/mol. The summed E-state index contributed by atoms with van der Waals surface area (Å²) in [6.45, 7) is 0.996. The lowest BCUT2D eigenvalue weighted by Crippen LogP contribution is -2.23. The number of nitrogens with zero attached hydrogens (tertiary/aromatic N) is 1. The van der Waals surface area contributed by atoms with Crippen molar-refractivity contribution in [2.24, 2.45) is 0 Å². The van der Waals surface area contributed by atoms with Crippen LogP contribution in [0.2, 0.25) is 5.02 Å². The molecule has 3 aromatic carbocycles. The Morgan fingerprint density at radius 3 is 2.26 bits per heavy atom. The van der Waals surface area contributed by atoms with Gasteiger partial charge in [-0.05, 0) is 41.0 Å². The van der Waals surface area contributed by atoms with E-state index in [9.17, 15) is 9.59 Å². The quantitative estimate of drug-likeness (QED) is 0.436. The molecule has 6 heteroatoms. The van der Waals surface area contributed by atoms with Crippen LogP contribution in [0, 0.1) is 0 Å². The summed E-state index contributed by atoms with van der Waals surface area (Å²) in [4.78, 5) is 23.8. The van der Waals surface area contributed by atoms with E-state index in [1.807, 2.05) is 66.9 Å². The van der Waals surface area contributed by atoms with Crippen LogP contribution in [-0.2, 0) is 24.3 Å². The predicted octanol–water partition coefficient (Wildman–Crippen LogP) is 4.90. The monoisotopic (exact) mass is 432 g/mol. The van der Waals surface area contributed by atoms with Crippen molar-refractivity contribution < 1.29 is 14.7 Å². The minimum Gasteiger partial charge on any atom is -0.481 e. The molecule has 1 aromatic heterocycles. The molecule has 156 valence electrons. The second-order valence-electron chi connectivity index (χ2n) is 7.38. The number of carbonyl (C=O) groups excluding carboxylic acids is 1. The molecule has 0 aliphatic carbocycles. The third-order valence-corrected chi connectivity index (χ3v) is 5.38. The maximum atomic E-state index is 13.0. The molecule has 4 aromatic rings. The molecule has 0 saturated carbocycles. The summed E-state index contributed by atoms with van der Waals surface area (Å²) in [5.74, 6) is -1.02. The number of hydrogen-bond acceptors (Lipinski definition) is 2. The van der Waals surface area contributed by atoms with Crippen LogP contribution in [0.5, 0.6) is 0 Å². The van der Waals surface area contributed by atoms with E-state index in [2.05, 4.69) is 9.88 Å². The van der Waals surface area contributed by atoms with Crippen LogP contribution in [0.1, 0.15) is 27.0 Å². The number of rotatable bonds is 7. The van der Waals surface area contributed by atoms with Crippen molar-refractivity contribution in [3.05, 3.63) is 106 Å². The minimum absolute atomic E-state index is 0.0146. The van der Waals surface area contributed by atoms with E-state index in [0.717, 1.165) is 27.6 Å². The van der Waals surface area contributed by atoms with Gasteiger partial charge in [-0.1, -0.05) is 60.1 Å². The standard InChI is InChI=1S/C25H21ClN2O3/c26-21-10-8-19(9-11-21)16-28-13-12-20-2-1-3-22(24(20)28)25(31)27-15-18-6-4-17(5-7-18)14-23(29)30/h1-13H,14-16H2,(H,27,31)(H,29,30). The fraction of sp³-hybridized carbons (Fsp3) is 0.120. The first kappa shape index (κ1) is 20.7. The maximum Gasteiger partial charge on any atom is 0.307 e. The normalized spacial score (nSPS) is 10.9. The van der Waals surface area contributed by atoms with Crippen molar-refractivity contribution in [2.75, 3.05) is 0 Å². The van der Waals surface area contributed by atoms with Gasteiger partial charge >= 0.3 is 5.97 Å². The van der Waals surface area contributed by atoms with E-state index >= 15 is 0 Å². The van der Waals surface area contributed by atoms with Gasteiger partial charge in [0.2, 0.25) is 0 Å². The van der Waals surface area contributed by atoms with Gasteiger partial charge in [0.1, 0.15) is 0 Å². The number of carboxylic acids is 1. The Balaban J connectivity index is 1.51. The van der Waals surface area contributed by atoms with Crippen molar-refractivity contribution in [1.82, 2.24) is 9.88 Å². The van der Waals surface area contributed by atoms with Crippen LogP contribution >= 0.6 is 11.6 Å². The average molecular weight is 433 g/mol. The number of carbonyl (C=O) groups is 2. The van der Waals surface area contributed by atoms with E-state index in [1.165, 1.54) is 0 Å². The summed E-state index contributed by atoms with van der Waals surface area (Å²) < 4.78 is 2.06. The Morgan fingerprint density at radius 2 is 1.55 bits per heavy atom. The van der Waals surface area contributed by atoms with Gasteiger partial charge in [0.25, 0.3) is 5.91 Å². The van der Waals surface area contributed by atoms with Crippen LogP contribution in [0.4, 0.5) is 0 Å². The summed E-state index contributed by atoms with van der Waals surface area (Å²) in [5, 5.41) is 13.5. The Labute approximate surface area is 184 Å². The second kappa shape index (κ2) is 9.06. The molecule has 0 unspecified atom stereocenters. The van der Waals surface area contributed by atoms with Crippen LogP contribution in [0.15, 0.2) is 79.0 Å². The molecule has 4 rings (SSSR count). The van der Waals surface area contributed by atoms with Gasteiger partial charge in [-0.25, -0.2) is 0 Å². The highest BCUT2D eigenvalue weighted by Crippen LogP contribution is 2.22. The number of nitrogens with one attached hydrogen (secondary N) is 1. The van der Waals surface area contributed by atoms with Gasteiger partial charge in [-0.3, -0.25) is 9.59 Å². The van der Waals surface area contributed by atoms with E-state index in [-0.39, 0.29) is 12.3 Å². The van der Waals surface area contributed by atoms with Crippen LogP contribution in [0.3, 0.4) is 0 Å². The van der Waals surface area contributed by atoms with Crippen molar-refractivity contribution in [1.29, 1.82) is 0 Å². The van der Waals surface area contributed by atoms with Crippen molar-refractivity contribution in [2.45, 2.75) is 19.5 Å². The number of hydrogen-bond donors (Lipinski definition) is 2. The molecular formula is C25H21ClN2O3. The molecule has 0 atom stereocenters. The maximum absolute atomic E-state index is 13.0. The lowest BCUT2D eigenvalue weighted by Gasteiger charge is -2.11. The van der Waals surface area contributed by atoms with Crippen molar-refractivity contribution in [3.8, 4) is 0 Å². The van der Waals surface area contributed by atoms with E-state index in [4.69, 9.17) is 16.7 Å². The van der Waals surface area contributed by atoms with E-state index in [0.29, 0.717) is 23.7 Å². The third kappa shape index (κ3) is 4.95. The summed E-state index contributed by atoms with van der Waals surface area (Å²) >= 11 is 5.99. The smallest absolute Gasteiger partial charge is 0.307 e. The number of benzene rings is 3. The first-order chi connectivity index (χ1) is 15.0. The number of fused-ring (bicyclic) bond motifs is 1. The second-order valence-corrected chi connectivity index (χ2v) is 7.82. The zero-order valence-corrected chi connectivity index (χ0v) is 17.5. The van der Waals surface area contributed by atoms with Crippen molar-refractivity contribution in [3.63, 3.8) is 0 Å². The topological polar surface area (TPSA) is 71.3 Å². The van der Waals surface area contributed by atoms with Gasteiger partial charge < -0.3 is 15.0 Å². The van der Waals surface area contributed by atoms with Crippen LogP contribution in [-0.4, -0.2) is 21.6 Å². The van der Waals surface area contributed by atoms with Gasteiger partial charge in [-0.15, -0.1) is 0 Å². The summed E-state index contributed by atoms with van der Waals surface area (Å²) in [6.07, 6.45) is 1.97. The van der Waals surface area contributed by atoms with E-state index in [1.54, 1.807) is 12.1 Å². The fourth-order valence-corrected chi connectivity index (χ4v) is 3.72. The zero-order valence-electron chi connectivity index (χ0n) is 16.7. The van der Waals surface area contributed by atoms with Crippen LogP contribution in [0.25, 0.3) is 10.9 Å². The number of halogens is 1. The molecule has 0 bridgehead atoms. The lowest BCUT2D eigenvalue weighted by atomic mass is 10.1. The SMILES string of the molecule is O=C(O)Cc1ccc(CNC(=O)c2cccc3ccn(Cc4ccc(Cl)cc4)c23)cc1. The summed E-state index contributed by atoms with van der Waals surface area (Å²) in [7, 11) is 0. The number of para-hydroxylation sites is 1. The molecule has 1 amide bonds. The Morgan fingerprint density at radius 1 is 0.871 bits per heavy atom. The molecule has 1 heterocycles. The highest BCUT2D eigenvalue weighted by atomic mass is 35.5. The summed E-state index contributed by atoms with van der Waals surface area (Å²) in [5.41, 5.74) is 4.22. The average Bonchev–Trinajstić information content (AvgIpc) is 3.17. The van der Waals surface area contributed by atoms with E-state index < -0.39 is 5.97 Å². The first-order valence-corrected chi connectivity index (χ1v) is 10.3. The molecule has 0 aliphatic heterocycles. The zero-order chi connectivity index (χ0) is 21.8. The number of carboxylic acid groups (broad SMARTS) is 1. The Kier molecular flexibility index (Phi) is 6.05. The van der Waals surface area contributed by atoms with Crippen LogP contribution < -0.4 is 5.32 Å². The number of amides is 1. The molecule has 0 saturated heterocycles. The molecular weight excluding hydrogens is 412 g/mol. The largest absolute Gasteiger partial charge is 0.481 e. The van der Waals surface area contributed by atoms with Crippen molar-refractivity contribution >= 4 is 34.4 Å². The number of aromatic nitrogens is 1. The molecule has 5 nitrogen and oxygen atoms in total.